The molecular formula is C5H13N2O2S. The van der Waals surface area contributed by atoms with Gasteiger partial charge in [0.2, 0.25) is 0 Å². The van der Waals surface area contributed by atoms with Crippen LogP contribution in [0.15, 0.2) is 0 Å². The van der Waals surface area contributed by atoms with Crippen molar-refractivity contribution in [2.75, 3.05) is 13.1 Å². The SMILES string of the molecule is CCCN(CC)S([NH])(=O)=O. The molecule has 0 rings (SSSR count). The molecule has 0 aromatic heterocycles. The summed E-state index contributed by atoms with van der Waals surface area (Å²) in [6, 6.07) is 0. The maximum absolute atomic E-state index is 10.5. The number of hydrogen-bond donors (Lipinski definition) is 0. The van der Waals surface area contributed by atoms with Gasteiger partial charge in [-0.05, 0) is 6.42 Å². The van der Waals surface area contributed by atoms with Crippen molar-refractivity contribution >= 4 is 10.2 Å². The van der Waals surface area contributed by atoms with E-state index in [9.17, 15) is 8.42 Å². The van der Waals surface area contributed by atoms with E-state index in [-0.39, 0.29) is 0 Å². The summed E-state index contributed by atoms with van der Waals surface area (Å²) >= 11 is 0. The summed E-state index contributed by atoms with van der Waals surface area (Å²) in [5.41, 5.74) is 0. The van der Waals surface area contributed by atoms with Gasteiger partial charge in [0.15, 0.2) is 0 Å². The Morgan fingerprint density at radius 1 is 1.40 bits per heavy atom. The van der Waals surface area contributed by atoms with Crippen LogP contribution in [0.5, 0.6) is 0 Å². The molecule has 0 unspecified atom stereocenters. The Bertz CT molecular complexity index is 176. The normalized spacial score (nSPS) is 12.4. The molecule has 0 aromatic rings. The van der Waals surface area contributed by atoms with Crippen molar-refractivity contribution in [2.45, 2.75) is 20.3 Å². The molecule has 0 atom stereocenters. The number of rotatable bonds is 4. The second kappa shape index (κ2) is 3.90. The topological polar surface area (TPSA) is 61.2 Å². The van der Waals surface area contributed by atoms with Crippen molar-refractivity contribution in [1.29, 1.82) is 0 Å². The Labute approximate surface area is 62.2 Å². The minimum absolute atomic E-state index is 0.389. The fourth-order valence-corrected chi connectivity index (χ4v) is 1.46. The van der Waals surface area contributed by atoms with Crippen molar-refractivity contribution in [3.8, 4) is 0 Å². The van der Waals surface area contributed by atoms with Crippen LogP contribution in [0, 0.1) is 0 Å². The standard InChI is InChI=1S/C5H13N2O2S/c1-3-5-7(4-2)10(6,8)9/h6H,3-5H2,1-2H3. The van der Waals surface area contributed by atoms with Gasteiger partial charge in [-0.2, -0.15) is 12.7 Å². The van der Waals surface area contributed by atoms with Gasteiger partial charge in [0.1, 0.15) is 0 Å². The maximum atomic E-state index is 10.5. The molecule has 61 valence electrons. The monoisotopic (exact) mass is 165 g/mol. The Hall–Kier alpha value is -0.130. The first-order chi connectivity index (χ1) is 4.52. The quantitative estimate of drug-likeness (QED) is 0.599. The summed E-state index contributed by atoms with van der Waals surface area (Å²) in [4.78, 5) is 0. The van der Waals surface area contributed by atoms with Gasteiger partial charge in [0, 0.05) is 13.1 Å². The molecule has 0 aliphatic rings. The lowest BCUT2D eigenvalue weighted by atomic mass is 10.5. The zero-order chi connectivity index (χ0) is 8.20. The van der Waals surface area contributed by atoms with E-state index in [1.165, 1.54) is 0 Å². The predicted molar refractivity (Wildman–Crippen MR) is 39.6 cm³/mol. The molecule has 0 bridgehead atoms. The van der Waals surface area contributed by atoms with Crippen LogP contribution < -0.4 is 5.14 Å². The van der Waals surface area contributed by atoms with Gasteiger partial charge in [0.05, 0.1) is 0 Å². The highest BCUT2D eigenvalue weighted by Crippen LogP contribution is 1.96. The van der Waals surface area contributed by atoms with Crippen LogP contribution in [0.3, 0.4) is 0 Å². The summed E-state index contributed by atoms with van der Waals surface area (Å²) in [6.07, 6.45) is 0.756. The van der Waals surface area contributed by atoms with E-state index in [0.717, 1.165) is 10.7 Å². The van der Waals surface area contributed by atoms with Crippen LogP contribution in [-0.2, 0) is 10.2 Å². The molecule has 4 nitrogen and oxygen atoms in total. The van der Waals surface area contributed by atoms with Crippen LogP contribution in [0.1, 0.15) is 20.3 Å². The first-order valence-corrected chi connectivity index (χ1v) is 4.71. The summed E-state index contributed by atoms with van der Waals surface area (Å²) in [5, 5.41) is 6.69. The highest BCUT2D eigenvalue weighted by molar-refractivity contribution is 7.86. The van der Waals surface area contributed by atoms with E-state index in [1.54, 1.807) is 6.92 Å². The zero-order valence-electron chi connectivity index (χ0n) is 6.29. The van der Waals surface area contributed by atoms with E-state index in [1.807, 2.05) is 6.92 Å². The lowest BCUT2D eigenvalue weighted by Gasteiger charge is -2.14. The lowest BCUT2D eigenvalue weighted by molar-refractivity contribution is 0.427. The second-order valence-corrected chi connectivity index (χ2v) is 3.46. The molecule has 1 radical (unpaired) electrons. The summed E-state index contributed by atoms with van der Waals surface area (Å²) in [5.74, 6) is 0. The minimum atomic E-state index is -3.69. The number of hydrogen-bond acceptors (Lipinski definition) is 2. The van der Waals surface area contributed by atoms with Gasteiger partial charge >= 0.3 is 0 Å². The van der Waals surface area contributed by atoms with Crippen molar-refractivity contribution in [3.63, 3.8) is 0 Å². The van der Waals surface area contributed by atoms with E-state index in [4.69, 9.17) is 5.14 Å². The van der Waals surface area contributed by atoms with Crippen molar-refractivity contribution in [2.24, 2.45) is 0 Å². The molecule has 1 N–H and O–H groups in total. The van der Waals surface area contributed by atoms with E-state index in [0.29, 0.717) is 13.1 Å². The highest BCUT2D eigenvalue weighted by Gasteiger charge is 2.13. The second-order valence-electron chi connectivity index (χ2n) is 2.00. The Balaban J connectivity index is 4.08. The van der Waals surface area contributed by atoms with Crippen LogP contribution >= 0.6 is 0 Å². The Morgan fingerprint density at radius 2 is 1.90 bits per heavy atom. The minimum Gasteiger partial charge on any atom is -0.194 e. The third-order valence-corrected chi connectivity index (χ3v) is 2.29. The average molecular weight is 165 g/mol. The van der Waals surface area contributed by atoms with E-state index in [2.05, 4.69) is 0 Å². The van der Waals surface area contributed by atoms with Crippen LogP contribution in [0.4, 0.5) is 0 Å². The van der Waals surface area contributed by atoms with Gasteiger partial charge in [-0.3, -0.25) is 0 Å². The van der Waals surface area contributed by atoms with Gasteiger partial charge in [0.25, 0.3) is 10.2 Å². The third kappa shape index (κ3) is 3.14. The van der Waals surface area contributed by atoms with Crippen LogP contribution in [0.25, 0.3) is 0 Å². The average Bonchev–Trinajstić information content (AvgIpc) is 1.80. The first kappa shape index (κ1) is 9.87. The molecule has 0 heterocycles. The molecular weight excluding hydrogens is 152 g/mol. The molecule has 0 saturated heterocycles. The summed E-state index contributed by atoms with van der Waals surface area (Å²) in [7, 11) is -3.69. The molecule has 0 aliphatic heterocycles. The molecule has 0 amide bonds. The summed E-state index contributed by atoms with van der Waals surface area (Å²) < 4.78 is 22.2. The third-order valence-electron chi connectivity index (χ3n) is 1.17. The van der Waals surface area contributed by atoms with Gasteiger partial charge < -0.3 is 0 Å². The number of nitrogens with one attached hydrogen (secondary N) is 1. The largest absolute Gasteiger partial charge is 0.293 e. The van der Waals surface area contributed by atoms with Gasteiger partial charge in [-0.25, -0.2) is 0 Å². The maximum Gasteiger partial charge on any atom is 0.293 e. The van der Waals surface area contributed by atoms with Gasteiger partial charge in [-0.15, -0.1) is 5.14 Å². The highest BCUT2D eigenvalue weighted by atomic mass is 32.2. The van der Waals surface area contributed by atoms with Gasteiger partial charge in [-0.1, -0.05) is 13.8 Å². The molecule has 10 heavy (non-hydrogen) atoms. The Morgan fingerprint density at radius 3 is 2.00 bits per heavy atom. The molecule has 0 saturated carbocycles. The fraction of sp³-hybridized carbons (Fsp3) is 1.00. The zero-order valence-corrected chi connectivity index (χ0v) is 7.11. The lowest BCUT2D eigenvalue weighted by Crippen LogP contribution is -2.31. The van der Waals surface area contributed by atoms with Crippen LogP contribution in [0.2, 0.25) is 0 Å². The molecule has 0 fully saturated rings. The van der Waals surface area contributed by atoms with E-state index >= 15 is 0 Å². The Kier molecular flexibility index (Phi) is 3.85. The van der Waals surface area contributed by atoms with Crippen LogP contribution in [-0.4, -0.2) is 25.8 Å². The molecule has 0 aliphatic carbocycles. The fourth-order valence-electron chi connectivity index (χ4n) is 0.698. The number of nitrogens with zero attached hydrogens (tertiary/aromatic N) is 1. The first-order valence-electron chi connectivity index (χ1n) is 3.27. The van der Waals surface area contributed by atoms with Crippen molar-refractivity contribution in [3.05, 3.63) is 0 Å². The van der Waals surface area contributed by atoms with Crippen molar-refractivity contribution < 1.29 is 8.42 Å². The molecule has 0 spiro atoms. The summed E-state index contributed by atoms with van der Waals surface area (Å²) in [6.45, 7) is 4.44. The smallest absolute Gasteiger partial charge is 0.194 e. The predicted octanol–water partition coefficient (Wildman–Crippen LogP) is 0.246. The molecule has 5 heteroatoms. The molecule has 0 aromatic carbocycles. The van der Waals surface area contributed by atoms with Crippen molar-refractivity contribution in [1.82, 2.24) is 9.44 Å². The van der Waals surface area contributed by atoms with E-state index < -0.39 is 10.2 Å².